The Morgan fingerprint density at radius 3 is 2.57 bits per heavy atom. The molecule has 0 aliphatic rings. The molecular formula is C17H14F4N4O2S. The summed E-state index contributed by atoms with van der Waals surface area (Å²) < 4.78 is 55.2. The fourth-order valence-corrected chi connectivity index (χ4v) is 3.10. The van der Waals surface area contributed by atoms with E-state index in [9.17, 15) is 22.4 Å². The maximum Gasteiger partial charge on any atom is 0.387 e. The number of anilines is 1. The molecule has 0 saturated carbocycles. The van der Waals surface area contributed by atoms with Crippen molar-refractivity contribution in [2.45, 2.75) is 26.5 Å². The summed E-state index contributed by atoms with van der Waals surface area (Å²) in [5.41, 5.74) is 1.25. The van der Waals surface area contributed by atoms with Crippen molar-refractivity contribution >= 4 is 22.4 Å². The first-order chi connectivity index (χ1) is 13.3. The third-order valence-corrected chi connectivity index (χ3v) is 4.40. The molecule has 2 aromatic heterocycles. The molecule has 28 heavy (non-hydrogen) atoms. The topological polar surface area (TPSA) is 69.0 Å². The number of rotatable bonds is 7. The molecule has 0 spiro atoms. The Hall–Kier alpha value is -2.95. The number of hydrogen-bond donors (Lipinski definition) is 1. The highest BCUT2D eigenvalue weighted by molar-refractivity contribution is 7.14. The number of nitrogens with zero attached hydrogens (tertiary/aromatic N) is 3. The van der Waals surface area contributed by atoms with Crippen LogP contribution in [0.15, 0.2) is 35.7 Å². The number of benzene rings is 1. The van der Waals surface area contributed by atoms with Crippen LogP contribution in [0.25, 0.3) is 11.3 Å². The molecule has 0 saturated heterocycles. The Kier molecular flexibility index (Phi) is 5.93. The van der Waals surface area contributed by atoms with Crippen molar-refractivity contribution in [3.63, 3.8) is 0 Å². The minimum absolute atomic E-state index is 0.0280. The molecule has 0 aliphatic heterocycles. The van der Waals surface area contributed by atoms with Crippen molar-refractivity contribution < 1.29 is 27.1 Å². The number of carbonyl (C=O) groups excluding carboxylic acids is 1. The lowest BCUT2D eigenvalue weighted by Gasteiger charge is -2.05. The number of thiazole rings is 1. The summed E-state index contributed by atoms with van der Waals surface area (Å²) in [7, 11) is 0. The highest BCUT2D eigenvalue weighted by Gasteiger charge is 2.16. The van der Waals surface area contributed by atoms with Crippen LogP contribution >= 0.6 is 11.3 Å². The zero-order valence-corrected chi connectivity index (χ0v) is 15.2. The Morgan fingerprint density at radius 1 is 1.25 bits per heavy atom. The van der Waals surface area contributed by atoms with E-state index in [-0.39, 0.29) is 18.0 Å². The second-order valence-electron chi connectivity index (χ2n) is 5.66. The number of hydrogen-bond acceptors (Lipinski definition) is 5. The second kappa shape index (κ2) is 8.38. The predicted octanol–water partition coefficient (Wildman–Crippen LogP) is 4.49. The first kappa shape index (κ1) is 19.8. The molecule has 3 rings (SSSR count). The van der Waals surface area contributed by atoms with Crippen LogP contribution in [0.1, 0.15) is 17.8 Å². The van der Waals surface area contributed by atoms with Crippen LogP contribution in [0.3, 0.4) is 0 Å². The maximum atomic E-state index is 12.7. The number of alkyl halides is 4. The van der Waals surface area contributed by atoms with E-state index in [0.717, 1.165) is 0 Å². The summed E-state index contributed by atoms with van der Waals surface area (Å²) in [6, 6.07) is 7.13. The van der Waals surface area contributed by atoms with Gasteiger partial charge in [0.15, 0.2) is 5.13 Å². The summed E-state index contributed by atoms with van der Waals surface area (Å²) in [5, 5.41) is 8.27. The van der Waals surface area contributed by atoms with Gasteiger partial charge in [0.05, 0.1) is 5.69 Å². The predicted molar refractivity (Wildman–Crippen MR) is 94.7 cm³/mol. The zero-order chi connectivity index (χ0) is 20.3. The lowest BCUT2D eigenvalue weighted by atomic mass is 10.2. The molecule has 0 aliphatic carbocycles. The summed E-state index contributed by atoms with van der Waals surface area (Å²) >= 11 is 1.17. The molecule has 0 radical (unpaired) electrons. The minimum Gasteiger partial charge on any atom is -0.435 e. The number of nitrogens with one attached hydrogen (secondary N) is 1. The van der Waals surface area contributed by atoms with Crippen LogP contribution in [0.4, 0.5) is 22.7 Å². The van der Waals surface area contributed by atoms with Crippen molar-refractivity contribution in [1.82, 2.24) is 14.8 Å². The van der Waals surface area contributed by atoms with Crippen molar-refractivity contribution in [1.29, 1.82) is 0 Å². The Morgan fingerprint density at radius 2 is 1.96 bits per heavy atom. The lowest BCUT2D eigenvalue weighted by Crippen LogP contribution is -2.20. The maximum absolute atomic E-state index is 12.7. The van der Waals surface area contributed by atoms with E-state index in [1.54, 1.807) is 24.4 Å². The summed E-state index contributed by atoms with van der Waals surface area (Å²) in [4.78, 5) is 16.4. The van der Waals surface area contributed by atoms with Gasteiger partial charge in [0.25, 0.3) is 6.43 Å². The monoisotopic (exact) mass is 414 g/mol. The van der Waals surface area contributed by atoms with Gasteiger partial charge in [0.1, 0.15) is 18.0 Å². The van der Waals surface area contributed by atoms with Crippen molar-refractivity contribution in [3.05, 3.63) is 47.1 Å². The average molecular weight is 414 g/mol. The number of aromatic nitrogens is 3. The molecular weight excluding hydrogens is 400 g/mol. The molecule has 1 amide bonds. The molecule has 0 unspecified atom stereocenters. The number of amides is 1. The van der Waals surface area contributed by atoms with Crippen LogP contribution in [0.2, 0.25) is 0 Å². The average Bonchev–Trinajstić information content (AvgIpc) is 3.22. The third kappa shape index (κ3) is 4.85. The highest BCUT2D eigenvalue weighted by Crippen LogP contribution is 2.27. The van der Waals surface area contributed by atoms with Gasteiger partial charge >= 0.3 is 6.61 Å². The number of ether oxygens (including phenoxy) is 1. The van der Waals surface area contributed by atoms with E-state index in [4.69, 9.17) is 0 Å². The minimum atomic E-state index is -2.90. The van der Waals surface area contributed by atoms with Crippen LogP contribution < -0.4 is 10.1 Å². The van der Waals surface area contributed by atoms with Gasteiger partial charge in [-0.15, -0.1) is 11.3 Å². The zero-order valence-electron chi connectivity index (χ0n) is 14.4. The quantitative estimate of drug-likeness (QED) is 0.579. The van der Waals surface area contributed by atoms with Crippen LogP contribution in [-0.2, 0) is 11.3 Å². The van der Waals surface area contributed by atoms with Gasteiger partial charge in [-0.1, -0.05) is 0 Å². The molecule has 0 fully saturated rings. The molecule has 3 aromatic rings. The Bertz CT molecular complexity index is 956. The Balaban J connectivity index is 1.63. The van der Waals surface area contributed by atoms with E-state index >= 15 is 0 Å². The molecule has 6 nitrogen and oxygen atoms in total. The standard InChI is InChI=1S/C17H14F4N4O2S/c1-9-6-12(15(18)19)24-25(9)7-14(26)23-17-22-13(8-28-17)10-2-4-11(5-3-10)27-16(20)21/h2-6,8,15-16H,7H2,1H3,(H,22,23,26). The first-order valence-electron chi connectivity index (χ1n) is 7.95. The smallest absolute Gasteiger partial charge is 0.387 e. The van der Waals surface area contributed by atoms with E-state index in [1.165, 1.54) is 34.2 Å². The summed E-state index contributed by atoms with van der Waals surface area (Å²) in [5.74, 6) is -0.436. The van der Waals surface area contributed by atoms with E-state index in [2.05, 4.69) is 20.1 Å². The van der Waals surface area contributed by atoms with Crippen LogP contribution in [0, 0.1) is 6.92 Å². The summed E-state index contributed by atoms with van der Waals surface area (Å²) in [6.45, 7) is -1.55. The largest absolute Gasteiger partial charge is 0.435 e. The molecule has 2 heterocycles. The molecule has 1 N–H and O–H groups in total. The van der Waals surface area contributed by atoms with Crippen molar-refractivity contribution in [3.8, 4) is 17.0 Å². The van der Waals surface area contributed by atoms with Crippen molar-refractivity contribution in [2.24, 2.45) is 0 Å². The van der Waals surface area contributed by atoms with E-state index in [1.807, 2.05) is 0 Å². The van der Waals surface area contributed by atoms with Crippen LogP contribution in [0.5, 0.6) is 5.75 Å². The molecule has 0 atom stereocenters. The van der Waals surface area contributed by atoms with Gasteiger partial charge in [-0.05, 0) is 37.3 Å². The third-order valence-electron chi connectivity index (χ3n) is 3.64. The number of aryl methyl sites for hydroxylation is 1. The van der Waals surface area contributed by atoms with E-state index < -0.39 is 18.9 Å². The Labute approximate surface area is 160 Å². The van der Waals surface area contributed by atoms with Crippen LogP contribution in [-0.4, -0.2) is 27.3 Å². The fourth-order valence-electron chi connectivity index (χ4n) is 2.37. The SMILES string of the molecule is Cc1cc(C(F)F)nn1CC(=O)Nc1nc(-c2ccc(OC(F)F)cc2)cs1. The number of halogens is 4. The molecule has 11 heteroatoms. The van der Waals surface area contributed by atoms with Gasteiger partial charge in [-0.2, -0.15) is 13.9 Å². The van der Waals surface area contributed by atoms with Gasteiger partial charge in [-0.25, -0.2) is 13.8 Å². The van der Waals surface area contributed by atoms with Crippen molar-refractivity contribution in [2.75, 3.05) is 5.32 Å². The highest BCUT2D eigenvalue weighted by atomic mass is 32.1. The van der Waals surface area contributed by atoms with Gasteiger partial charge in [-0.3, -0.25) is 9.48 Å². The number of carbonyl (C=O) groups is 1. The molecule has 0 bridgehead atoms. The first-order valence-corrected chi connectivity index (χ1v) is 8.83. The molecule has 148 valence electrons. The fraction of sp³-hybridized carbons (Fsp3) is 0.235. The van der Waals surface area contributed by atoms with Gasteiger partial charge in [0.2, 0.25) is 5.91 Å². The van der Waals surface area contributed by atoms with Gasteiger partial charge in [0, 0.05) is 16.6 Å². The molecule has 1 aromatic carbocycles. The normalized spacial score (nSPS) is 11.2. The van der Waals surface area contributed by atoms with E-state index in [0.29, 0.717) is 22.1 Å². The summed E-state index contributed by atoms with van der Waals surface area (Å²) in [6.07, 6.45) is -2.71. The second-order valence-corrected chi connectivity index (χ2v) is 6.52. The lowest BCUT2D eigenvalue weighted by molar-refractivity contribution is -0.117. The van der Waals surface area contributed by atoms with Gasteiger partial charge < -0.3 is 10.1 Å².